The fourth-order valence-electron chi connectivity index (χ4n) is 5.64. The normalized spacial score (nSPS) is 19.6. The standard InChI is InChI=1S/C34H52N8O6/c1-2-5-27-33(47)42-28(34(48)40-25(7-4-13-36)18-31(45)39-19-24(37)6-3-12-35)17-23-15-21(9-11-30(23)44)20-8-10-29(43)22(14-20)16-26(38)32(46)41-27/h8-11,14-15,24-28,43-44H,2-7,12-13,16-19,35-38H2,1H3,(H,39,45)(H,40,48)(H,41,46)(H,42,47)/t24-,25-,26-,27-,28-/m0/s1. The quantitative estimate of drug-likeness (QED) is 0.126. The van der Waals surface area contributed by atoms with Crippen molar-refractivity contribution in [3.8, 4) is 22.6 Å². The summed E-state index contributed by atoms with van der Waals surface area (Å²) in [5.41, 5.74) is 25.8. The number of hydrogen-bond acceptors (Lipinski definition) is 10. The molecule has 14 N–H and O–H groups in total. The Morgan fingerprint density at radius 3 is 2.12 bits per heavy atom. The highest BCUT2D eigenvalue weighted by Crippen LogP contribution is 2.31. The number of phenols is 2. The molecule has 264 valence electrons. The Balaban J connectivity index is 1.94. The lowest BCUT2D eigenvalue weighted by molar-refractivity contribution is -0.133. The second kappa shape index (κ2) is 18.9. The first-order valence-electron chi connectivity index (χ1n) is 16.7. The van der Waals surface area contributed by atoms with Crippen LogP contribution in [0.2, 0.25) is 0 Å². The van der Waals surface area contributed by atoms with Gasteiger partial charge >= 0.3 is 0 Å². The summed E-state index contributed by atoms with van der Waals surface area (Å²) < 4.78 is 0. The van der Waals surface area contributed by atoms with Gasteiger partial charge in [0.15, 0.2) is 0 Å². The molecule has 1 aliphatic heterocycles. The first-order valence-corrected chi connectivity index (χ1v) is 16.7. The van der Waals surface area contributed by atoms with E-state index < -0.39 is 41.9 Å². The van der Waals surface area contributed by atoms with Gasteiger partial charge in [0.05, 0.1) is 6.04 Å². The topological polar surface area (TPSA) is 261 Å². The average molecular weight is 669 g/mol. The van der Waals surface area contributed by atoms with Crippen LogP contribution in [0.3, 0.4) is 0 Å². The highest BCUT2D eigenvalue weighted by molar-refractivity contribution is 5.93. The Morgan fingerprint density at radius 2 is 1.52 bits per heavy atom. The summed E-state index contributed by atoms with van der Waals surface area (Å²) in [5.74, 6) is -2.17. The van der Waals surface area contributed by atoms with Crippen LogP contribution in [0.25, 0.3) is 11.1 Å². The highest BCUT2D eigenvalue weighted by atomic mass is 16.3. The number of carbonyl (C=O) groups is 4. The van der Waals surface area contributed by atoms with E-state index in [4.69, 9.17) is 22.9 Å². The van der Waals surface area contributed by atoms with Crippen LogP contribution in [0.15, 0.2) is 36.4 Å². The molecule has 48 heavy (non-hydrogen) atoms. The van der Waals surface area contributed by atoms with Gasteiger partial charge in [0.2, 0.25) is 23.6 Å². The second-order valence-corrected chi connectivity index (χ2v) is 12.4. The van der Waals surface area contributed by atoms with Crippen LogP contribution in [-0.2, 0) is 32.0 Å². The molecule has 0 unspecified atom stereocenters. The molecule has 2 aromatic carbocycles. The lowest BCUT2D eigenvalue weighted by atomic mass is 9.95. The highest BCUT2D eigenvalue weighted by Gasteiger charge is 2.30. The molecule has 0 fully saturated rings. The fourth-order valence-corrected chi connectivity index (χ4v) is 5.64. The van der Waals surface area contributed by atoms with Gasteiger partial charge in [-0.3, -0.25) is 19.2 Å². The number of benzene rings is 2. The molecule has 14 nitrogen and oxygen atoms in total. The van der Waals surface area contributed by atoms with Crippen LogP contribution < -0.4 is 44.2 Å². The Labute approximate surface area is 281 Å². The number of carbonyl (C=O) groups excluding carboxylic acids is 4. The molecule has 0 saturated heterocycles. The number of aromatic hydroxyl groups is 2. The van der Waals surface area contributed by atoms with Crippen LogP contribution in [0.1, 0.15) is 63.0 Å². The molecular weight excluding hydrogens is 616 g/mol. The summed E-state index contributed by atoms with van der Waals surface area (Å²) in [6.07, 6.45) is 3.04. The molecule has 0 radical (unpaired) electrons. The zero-order chi connectivity index (χ0) is 35.2. The molecule has 0 saturated carbocycles. The Morgan fingerprint density at radius 1 is 0.917 bits per heavy atom. The van der Waals surface area contributed by atoms with Crippen molar-refractivity contribution in [1.29, 1.82) is 0 Å². The molecule has 2 aromatic rings. The maximum atomic E-state index is 13.9. The van der Waals surface area contributed by atoms with E-state index >= 15 is 0 Å². The van der Waals surface area contributed by atoms with E-state index in [-0.39, 0.29) is 55.7 Å². The van der Waals surface area contributed by atoms with Crippen molar-refractivity contribution in [1.82, 2.24) is 21.3 Å². The van der Waals surface area contributed by atoms with Crippen LogP contribution in [0.5, 0.6) is 11.5 Å². The smallest absolute Gasteiger partial charge is 0.243 e. The minimum atomic E-state index is -1.18. The van der Waals surface area contributed by atoms with Crippen LogP contribution in [0.4, 0.5) is 0 Å². The van der Waals surface area contributed by atoms with Gasteiger partial charge in [0.25, 0.3) is 0 Å². The van der Waals surface area contributed by atoms with E-state index in [9.17, 15) is 29.4 Å². The Kier molecular flexibility index (Phi) is 15.1. The number of nitrogens with two attached hydrogens (primary N) is 4. The van der Waals surface area contributed by atoms with Crippen molar-refractivity contribution in [2.75, 3.05) is 19.6 Å². The van der Waals surface area contributed by atoms with E-state index in [1.807, 2.05) is 6.92 Å². The predicted molar refractivity (Wildman–Crippen MR) is 183 cm³/mol. The van der Waals surface area contributed by atoms with Gasteiger partial charge in [-0.15, -0.1) is 0 Å². The number of hydrogen-bond donors (Lipinski definition) is 10. The number of fused-ring (bicyclic) bond motifs is 5. The van der Waals surface area contributed by atoms with Crippen molar-refractivity contribution in [2.45, 2.75) is 94.9 Å². The number of phenolic OH excluding ortho intramolecular Hbond substituents is 2. The van der Waals surface area contributed by atoms with Gasteiger partial charge in [-0.2, -0.15) is 0 Å². The third-order valence-corrected chi connectivity index (χ3v) is 8.41. The van der Waals surface area contributed by atoms with Gasteiger partial charge in [0, 0.05) is 37.9 Å². The lowest BCUT2D eigenvalue weighted by Gasteiger charge is -2.26. The third kappa shape index (κ3) is 11.5. The van der Waals surface area contributed by atoms with Gasteiger partial charge in [-0.25, -0.2) is 0 Å². The lowest BCUT2D eigenvalue weighted by Crippen LogP contribution is -2.57. The van der Waals surface area contributed by atoms with Crippen molar-refractivity contribution in [3.05, 3.63) is 47.5 Å². The largest absolute Gasteiger partial charge is 0.508 e. The monoisotopic (exact) mass is 668 g/mol. The molecular formula is C34H52N8O6. The molecule has 1 aliphatic rings. The zero-order valence-corrected chi connectivity index (χ0v) is 27.7. The van der Waals surface area contributed by atoms with E-state index in [0.717, 1.165) is 6.42 Å². The number of amides is 4. The molecule has 4 bridgehead atoms. The molecule has 0 aliphatic carbocycles. The SMILES string of the molecule is CCC[C@@H]1NC(=O)[C@@H](N)Cc2cc(ccc2O)-c2ccc(O)c(c2)C[C@@H](C(=O)N[C@@H](CCCN)CC(=O)NC[C@@H](N)CCCN)NC1=O. The third-order valence-electron chi connectivity index (χ3n) is 8.41. The minimum Gasteiger partial charge on any atom is -0.508 e. The maximum absolute atomic E-state index is 13.9. The predicted octanol–water partition coefficient (Wildman–Crippen LogP) is -0.243. The van der Waals surface area contributed by atoms with Crippen molar-refractivity contribution in [2.24, 2.45) is 22.9 Å². The number of rotatable bonds is 14. The molecule has 3 rings (SSSR count). The summed E-state index contributed by atoms with van der Waals surface area (Å²) in [6, 6.07) is 5.70. The fraction of sp³-hybridized carbons (Fsp3) is 0.529. The molecule has 14 heteroatoms. The molecule has 0 spiro atoms. The Hall–Kier alpha value is -4.24. The van der Waals surface area contributed by atoms with E-state index in [1.165, 1.54) is 12.1 Å². The van der Waals surface area contributed by atoms with Gasteiger partial charge in [0.1, 0.15) is 23.6 Å². The van der Waals surface area contributed by atoms with E-state index in [1.54, 1.807) is 24.3 Å². The maximum Gasteiger partial charge on any atom is 0.243 e. The molecule has 1 heterocycles. The minimum absolute atomic E-state index is 0.0132. The summed E-state index contributed by atoms with van der Waals surface area (Å²) in [4.78, 5) is 53.5. The first kappa shape index (κ1) is 38.2. The molecule has 4 amide bonds. The van der Waals surface area contributed by atoms with Gasteiger partial charge < -0.3 is 54.4 Å². The van der Waals surface area contributed by atoms with Crippen LogP contribution in [-0.4, -0.2) is 83.7 Å². The summed E-state index contributed by atoms with van der Waals surface area (Å²) in [6.45, 7) is 2.97. The average Bonchev–Trinajstić information content (AvgIpc) is 3.06. The summed E-state index contributed by atoms with van der Waals surface area (Å²) >= 11 is 0. The van der Waals surface area contributed by atoms with Crippen molar-refractivity contribution in [3.63, 3.8) is 0 Å². The van der Waals surface area contributed by atoms with E-state index in [2.05, 4.69) is 21.3 Å². The first-order chi connectivity index (χ1) is 22.9. The van der Waals surface area contributed by atoms with Crippen LogP contribution >= 0.6 is 0 Å². The van der Waals surface area contributed by atoms with E-state index in [0.29, 0.717) is 61.0 Å². The van der Waals surface area contributed by atoms with Crippen molar-refractivity contribution < 1.29 is 29.4 Å². The number of nitrogens with one attached hydrogen (secondary N) is 4. The van der Waals surface area contributed by atoms with Gasteiger partial charge in [-0.05, 0) is 91.7 Å². The van der Waals surface area contributed by atoms with Crippen LogP contribution in [0, 0.1) is 0 Å². The zero-order valence-electron chi connectivity index (χ0n) is 27.7. The van der Waals surface area contributed by atoms with Gasteiger partial charge in [-0.1, -0.05) is 25.5 Å². The second-order valence-electron chi connectivity index (χ2n) is 12.4. The Bertz CT molecular complexity index is 1410. The van der Waals surface area contributed by atoms with Crippen molar-refractivity contribution >= 4 is 23.6 Å². The summed E-state index contributed by atoms with van der Waals surface area (Å²) in [7, 11) is 0. The summed E-state index contributed by atoms with van der Waals surface area (Å²) in [5, 5.41) is 32.5. The molecule has 0 aromatic heterocycles. The molecule has 5 atom stereocenters.